The number of hydrogen-bond donors (Lipinski definition) is 1. The van der Waals surface area contributed by atoms with Gasteiger partial charge in [0.2, 0.25) is 0 Å². The Balaban J connectivity index is 3.43. The zero-order valence-electron chi connectivity index (χ0n) is 8.48. The number of phenolic OH excluding ortho intramolecular Hbond substituents is 1. The molecule has 0 aliphatic rings. The van der Waals surface area contributed by atoms with Crippen molar-refractivity contribution in [2.75, 3.05) is 0 Å². The van der Waals surface area contributed by atoms with Crippen molar-refractivity contribution in [1.29, 1.82) is 0 Å². The van der Waals surface area contributed by atoms with Gasteiger partial charge in [0.15, 0.2) is 0 Å². The maximum atomic E-state index is 13.4. The van der Waals surface area contributed by atoms with Crippen LogP contribution in [0, 0.1) is 12.7 Å². The Kier molecular flexibility index (Phi) is 2.33. The molecule has 0 aliphatic heterocycles. The number of rotatable bonds is 0. The molecule has 1 N–H and O–H groups in total. The minimum absolute atomic E-state index is 0.159. The summed E-state index contributed by atoms with van der Waals surface area (Å²) in [5, 5.41) is 9.42. The van der Waals surface area contributed by atoms with E-state index in [9.17, 15) is 9.50 Å². The minimum Gasteiger partial charge on any atom is -0.508 e. The van der Waals surface area contributed by atoms with Gasteiger partial charge in [0.05, 0.1) is 0 Å². The fourth-order valence-corrected chi connectivity index (χ4v) is 1.59. The predicted molar refractivity (Wildman–Crippen MR) is 51.5 cm³/mol. The van der Waals surface area contributed by atoms with Crippen LogP contribution >= 0.6 is 0 Å². The highest BCUT2D eigenvalue weighted by Crippen LogP contribution is 2.32. The van der Waals surface area contributed by atoms with Gasteiger partial charge in [-0.1, -0.05) is 20.8 Å². The molecular formula is C11H15FO. The zero-order valence-corrected chi connectivity index (χ0v) is 8.48. The third-order valence-corrected chi connectivity index (χ3v) is 2.14. The number of phenols is 1. The molecule has 0 spiro atoms. The largest absolute Gasteiger partial charge is 0.508 e. The Morgan fingerprint density at radius 3 is 2.15 bits per heavy atom. The molecule has 1 aromatic rings. The highest BCUT2D eigenvalue weighted by atomic mass is 19.1. The molecule has 0 unspecified atom stereocenters. The van der Waals surface area contributed by atoms with Crippen molar-refractivity contribution >= 4 is 0 Å². The summed E-state index contributed by atoms with van der Waals surface area (Å²) in [6.07, 6.45) is 0. The van der Waals surface area contributed by atoms with E-state index in [1.807, 2.05) is 20.8 Å². The molecule has 0 radical (unpaired) electrons. The Hall–Kier alpha value is -1.05. The summed E-state index contributed by atoms with van der Waals surface area (Å²) in [4.78, 5) is 0. The third kappa shape index (κ3) is 1.82. The van der Waals surface area contributed by atoms with E-state index >= 15 is 0 Å². The standard InChI is InChI=1S/C11H15FO/c1-7-9(13)6-5-8(12)10(7)11(2,3)4/h5-6,13H,1-4H3. The summed E-state index contributed by atoms with van der Waals surface area (Å²) in [6, 6.07) is 2.70. The molecule has 72 valence electrons. The van der Waals surface area contributed by atoms with Crippen molar-refractivity contribution in [3.05, 3.63) is 29.1 Å². The topological polar surface area (TPSA) is 20.2 Å². The summed E-state index contributed by atoms with van der Waals surface area (Å²) in [7, 11) is 0. The van der Waals surface area contributed by atoms with E-state index in [1.54, 1.807) is 6.92 Å². The van der Waals surface area contributed by atoms with Crippen LogP contribution in [-0.2, 0) is 5.41 Å². The molecule has 0 atom stereocenters. The molecule has 0 aromatic heterocycles. The molecule has 2 heteroatoms. The summed E-state index contributed by atoms with van der Waals surface area (Å²) in [5.74, 6) is -0.0888. The van der Waals surface area contributed by atoms with Gasteiger partial charge in [-0.15, -0.1) is 0 Å². The van der Waals surface area contributed by atoms with Crippen LogP contribution in [0.3, 0.4) is 0 Å². The van der Waals surface area contributed by atoms with Gasteiger partial charge in [0.1, 0.15) is 11.6 Å². The van der Waals surface area contributed by atoms with Crippen LogP contribution in [0.2, 0.25) is 0 Å². The van der Waals surface area contributed by atoms with Crippen molar-refractivity contribution < 1.29 is 9.50 Å². The van der Waals surface area contributed by atoms with Crippen LogP contribution in [0.25, 0.3) is 0 Å². The van der Waals surface area contributed by atoms with Gasteiger partial charge in [-0.05, 0) is 35.6 Å². The monoisotopic (exact) mass is 182 g/mol. The molecular weight excluding hydrogens is 167 g/mol. The van der Waals surface area contributed by atoms with E-state index in [1.165, 1.54) is 12.1 Å². The highest BCUT2D eigenvalue weighted by Gasteiger charge is 2.22. The molecule has 0 saturated heterocycles. The molecule has 0 saturated carbocycles. The molecule has 0 aliphatic carbocycles. The molecule has 1 rings (SSSR count). The molecule has 0 amide bonds. The van der Waals surface area contributed by atoms with Gasteiger partial charge in [0, 0.05) is 0 Å². The smallest absolute Gasteiger partial charge is 0.127 e. The lowest BCUT2D eigenvalue weighted by molar-refractivity contribution is 0.456. The van der Waals surface area contributed by atoms with Gasteiger partial charge in [0.25, 0.3) is 0 Å². The number of hydrogen-bond acceptors (Lipinski definition) is 1. The molecule has 0 bridgehead atoms. The Morgan fingerprint density at radius 2 is 1.77 bits per heavy atom. The van der Waals surface area contributed by atoms with Crippen LogP contribution in [0.5, 0.6) is 5.75 Å². The number of benzene rings is 1. The van der Waals surface area contributed by atoms with E-state index in [0.717, 1.165) is 0 Å². The molecule has 0 heterocycles. The van der Waals surface area contributed by atoms with E-state index in [4.69, 9.17) is 0 Å². The Bertz CT molecular complexity index is 324. The van der Waals surface area contributed by atoms with Crippen molar-refractivity contribution in [3.8, 4) is 5.75 Å². The Labute approximate surface area is 78.2 Å². The summed E-state index contributed by atoms with van der Waals surface area (Å²) >= 11 is 0. The van der Waals surface area contributed by atoms with Crippen molar-refractivity contribution in [2.24, 2.45) is 0 Å². The van der Waals surface area contributed by atoms with Crippen LogP contribution in [-0.4, -0.2) is 5.11 Å². The lowest BCUT2D eigenvalue weighted by Crippen LogP contribution is -2.15. The second-order valence-electron chi connectivity index (χ2n) is 4.32. The third-order valence-electron chi connectivity index (χ3n) is 2.14. The van der Waals surface area contributed by atoms with Crippen LogP contribution in [0.1, 0.15) is 31.9 Å². The molecule has 1 nitrogen and oxygen atoms in total. The SMILES string of the molecule is Cc1c(O)ccc(F)c1C(C)(C)C. The molecule has 0 fully saturated rings. The first-order valence-electron chi connectivity index (χ1n) is 4.32. The minimum atomic E-state index is -0.271. The molecule has 1 aromatic carbocycles. The first kappa shape index (κ1) is 10.0. The van der Waals surface area contributed by atoms with Gasteiger partial charge in [-0.2, -0.15) is 0 Å². The van der Waals surface area contributed by atoms with E-state index < -0.39 is 0 Å². The van der Waals surface area contributed by atoms with Gasteiger partial charge >= 0.3 is 0 Å². The lowest BCUT2D eigenvalue weighted by Gasteiger charge is -2.22. The quantitative estimate of drug-likeness (QED) is 0.653. The number of halogens is 1. The van der Waals surface area contributed by atoms with E-state index in [2.05, 4.69) is 0 Å². The first-order valence-corrected chi connectivity index (χ1v) is 4.32. The average molecular weight is 182 g/mol. The maximum absolute atomic E-state index is 13.4. The second kappa shape index (κ2) is 3.02. The van der Waals surface area contributed by atoms with Crippen LogP contribution < -0.4 is 0 Å². The second-order valence-corrected chi connectivity index (χ2v) is 4.32. The summed E-state index contributed by atoms with van der Waals surface area (Å²) < 4.78 is 13.4. The van der Waals surface area contributed by atoms with Gasteiger partial charge < -0.3 is 5.11 Å². The summed E-state index contributed by atoms with van der Waals surface area (Å²) in [5.41, 5.74) is 0.951. The van der Waals surface area contributed by atoms with E-state index in [0.29, 0.717) is 11.1 Å². The normalized spacial score (nSPS) is 11.8. The fraction of sp³-hybridized carbons (Fsp3) is 0.455. The van der Waals surface area contributed by atoms with Crippen molar-refractivity contribution in [3.63, 3.8) is 0 Å². The highest BCUT2D eigenvalue weighted by molar-refractivity contribution is 5.42. The van der Waals surface area contributed by atoms with Gasteiger partial charge in [-0.3, -0.25) is 0 Å². The average Bonchev–Trinajstić information content (AvgIpc) is 1.95. The number of aromatic hydroxyl groups is 1. The van der Waals surface area contributed by atoms with Crippen LogP contribution in [0.4, 0.5) is 4.39 Å². The lowest BCUT2D eigenvalue weighted by atomic mass is 9.83. The zero-order chi connectivity index (χ0) is 10.2. The Morgan fingerprint density at radius 1 is 1.23 bits per heavy atom. The predicted octanol–water partition coefficient (Wildman–Crippen LogP) is 3.14. The first-order chi connectivity index (χ1) is 5.84. The van der Waals surface area contributed by atoms with Gasteiger partial charge in [-0.25, -0.2) is 4.39 Å². The van der Waals surface area contributed by atoms with E-state index in [-0.39, 0.29) is 17.0 Å². The van der Waals surface area contributed by atoms with Crippen molar-refractivity contribution in [1.82, 2.24) is 0 Å². The molecule has 13 heavy (non-hydrogen) atoms. The fourth-order valence-electron chi connectivity index (χ4n) is 1.59. The maximum Gasteiger partial charge on any atom is 0.127 e. The van der Waals surface area contributed by atoms with Crippen LogP contribution in [0.15, 0.2) is 12.1 Å². The summed E-state index contributed by atoms with van der Waals surface area (Å²) in [6.45, 7) is 7.52. The van der Waals surface area contributed by atoms with Crippen molar-refractivity contribution in [2.45, 2.75) is 33.1 Å².